The summed E-state index contributed by atoms with van der Waals surface area (Å²) in [5.74, 6) is 1.00. The van der Waals surface area contributed by atoms with Crippen LogP contribution in [0.2, 0.25) is 0 Å². The van der Waals surface area contributed by atoms with Crippen LogP contribution in [-0.2, 0) is 0 Å². The third-order valence-electron chi connectivity index (χ3n) is 1.53. The van der Waals surface area contributed by atoms with E-state index in [1.165, 1.54) is 3.69 Å². The molecule has 0 N–H and O–H groups in total. The molecule has 0 saturated carbocycles. The summed E-state index contributed by atoms with van der Waals surface area (Å²) in [7, 11) is 0. The second-order valence-corrected chi connectivity index (χ2v) is 5.40. The Morgan fingerprint density at radius 2 is 2.33 bits per heavy atom. The van der Waals surface area contributed by atoms with Gasteiger partial charge in [-0.05, 0) is 18.6 Å². The van der Waals surface area contributed by atoms with E-state index in [0.29, 0.717) is 0 Å². The Morgan fingerprint density at radius 1 is 1.50 bits per heavy atom. The lowest BCUT2D eigenvalue weighted by atomic mass is 10.3. The van der Waals surface area contributed by atoms with Gasteiger partial charge in [-0.15, -0.1) is 3.69 Å². The van der Waals surface area contributed by atoms with Crippen LogP contribution < -0.4 is 8.43 Å². The molecule has 3 heteroatoms. The molecule has 0 aliphatic heterocycles. The van der Waals surface area contributed by atoms with E-state index in [1.54, 1.807) is 0 Å². The van der Waals surface area contributed by atoms with Crippen molar-refractivity contribution >= 4 is 34.8 Å². The third kappa shape index (κ3) is 3.33. The minimum Gasteiger partial charge on any atom is -0.494 e. The minimum absolute atomic E-state index is 0.221. The fourth-order valence-electron chi connectivity index (χ4n) is 0.938. The highest BCUT2D eigenvalue weighted by Gasteiger charge is 1.96. The van der Waals surface area contributed by atoms with Gasteiger partial charge in [0.05, 0.1) is 6.61 Å². The molecular formula is C9H11BrMgO. The van der Waals surface area contributed by atoms with E-state index in [1.807, 2.05) is 6.07 Å². The Balaban J connectivity index is 2.60. The average molecular weight is 239 g/mol. The van der Waals surface area contributed by atoms with E-state index in [9.17, 15) is 0 Å². The van der Waals surface area contributed by atoms with Crippen LogP contribution in [0.5, 0.6) is 5.75 Å². The first-order valence-electron chi connectivity index (χ1n) is 4.14. The molecule has 0 aromatic heterocycles. The smallest absolute Gasteiger partial charge is 0.494 e. The molecule has 1 aromatic rings. The van der Waals surface area contributed by atoms with Gasteiger partial charge in [0.2, 0.25) is 0 Å². The van der Waals surface area contributed by atoms with Crippen molar-refractivity contribution in [3.63, 3.8) is 0 Å². The van der Waals surface area contributed by atoms with Crippen LogP contribution in [0.4, 0.5) is 0 Å². The summed E-state index contributed by atoms with van der Waals surface area (Å²) < 4.78 is 6.89. The molecule has 12 heavy (non-hydrogen) atoms. The SMILES string of the molecule is CCCOc1ccc[c]([Mg][Br])c1. The zero-order valence-corrected chi connectivity index (χ0v) is 10.2. The summed E-state index contributed by atoms with van der Waals surface area (Å²) in [6.45, 7) is 2.93. The number of halogens is 1. The molecule has 0 heterocycles. The standard InChI is InChI=1S/C9H11O.BrH.Mg/c1-2-8-10-9-6-4-3-5-7-9;;/h3-4,6-7H,2,8H2,1H3;1H;/q;;+1/p-1. The molecule has 1 aromatic carbocycles. The van der Waals surface area contributed by atoms with Crippen molar-refractivity contribution in [3.05, 3.63) is 24.3 Å². The van der Waals surface area contributed by atoms with E-state index in [-0.39, 0.29) is 18.2 Å². The normalized spacial score (nSPS) is 9.17. The van der Waals surface area contributed by atoms with Crippen LogP contribution in [-0.4, -0.2) is 24.8 Å². The van der Waals surface area contributed by atoms with E-state index in [0.717, 1.165) is 18.8 Å². The Morgan fingerprint density at radius 3 is 3.00 bits per heavy atom. The number of ether oxygens (including phenoxy) is 1. The van der Waals surface area contributed by atoms with E-state index in [2.05, 4.69) is 38.0 Å². The van der Waals surface area contributed by atoms with Crippen molar-refractivity contribution in [1.82, 2.24) is 0 Å². The Hall–Kier alpha value is 0.266. The molecule has 0 radical (unpaired) electrons. The summed E-state index contributed by atoms with van der Waals surface area (Å²) in [5, 5.41) is 0. The first kappa shape index (κ1) is 10.3. The molecule has 0 amide bonds. The maximum absolute atomic E-state index is 5.50. The number of rotatable bonds is 4. The van der Waals surface area contributed by atoms with Crippen molar-refractivity contribution in [2.45, 2.75) is 13.3 Å². The van der Waals surface area contributed by atoms with Crippen molar-refractivity contribution in [2.75, 3.05) is 6.61 Å². The van der Waals surface area contributed by atoms with Gasteiger partial charge in [0.1, 0.15) is 5.75 Å². The Kier molecular flexibility index (Phi) is 5.03. The van der Waals surface area contributed by atoms with Crippen LogP contribution in [0, 0.1) is 0 Å². The molecule has 0 aliphatic carbocycles. The molecule has 0 bridgehead atoms. The van der Waals surface area contributed by atoms with Crippen LogP contribution in [0.25, 0.3) is 0 Å². The predicted octanol–water partition coefficient (Wildman–Crippen LogP) is 2.11. The second kappa shape index (κ2) is 5.83. The maximum atomic E-state index is 5.50. The number of hydrogen-bond donors (Lipinski definition) is 0. The van der Waals surface area contributed by atoms with Gasteiger partial charge in [0, 0.05) is 0 Å². The molecule has 0 atom stereocenters. The molecule has 1 rings (SSSR count). The Bertz CT molecular complexity index is 240. The van der Waals surface area contributed by atoms with Crippen molar-refractivity contribution in [3.8, 4) is 5.75 Å². The van der Waals surface area contributed by atoms with Gasteiger partial charge in [-0.3, -0.25) is 12.9 Å². The highest BCUT2D eigenvalue weighted by atomic mass is 79.9. The zero-order valence-electron chi connectivity index (χ0n) is 7.22. The van der Waals surface area contributed by atoms with Crippen LogP contribution in [0.3, 0.4) is 0 Å². The van der Waals surface area contributed by atoms with Crippen LogP contribution >= 0.6 is 12.9 Å². The highest BCUT2D eigenvalue weighted by Crippen LogP contribution is 2.07. The lowest BCUT2D eigenvalue weighted by Crippen LogP contribution is -2.08. The van der Waals surface area contributed by atoms with Crippen molar-refractivity contribution < 1.29 is 4.74 Å². The van der Waals surface area contributed by atoms with Crippen LogP contribution in [0.15, 0.2) is 24.3 Å². The van der Waals surface area contributed by atoms with Gasteiger partial charge in [0.25, 0.3) is 0 Å². The van der Waals surface area contributed by atoms with Gasteiger partial charge in [-0.2, -0.15) is 0 Å². The van der Waals surface area contributed by atoms with Gasteiger partial charge in [0.15, 0.2) is 0 Å². The fourth-order valence-corrected chi connectivity index (χ4v) is 2.49. The number of benzene rings is 1. The lowest BCUT2D eigenvalue weighted by Gasteiger charge is -2.05. The molecule has 0 aliphatic rings. The van der Waals surface area contributed by atoms with E-state index >= 15 is 0 Å². The molecular weight excluding hydrogens is 228 g/mol. The maximum Gasteiger partial charge on any atom is 0.506 e. The minimum atomic E-state index is -0.221. The van der Waals surface area contributed by atoms with Gasteiger partial charge >= 0.3 is 18.2 Å². The summed E-state index contributed by atoms with van der Waals surface area (Å²) in [6, 6.07) is 8.32. The van der Waals surface area contributed by atoms with Crippen LogP contribution in [0.1, 0.15) is 13.3 Å². The van der Waals surface area contributed by atoms with Gasteiger partial charge in [-0.1, -0.05) is 19.1 Å². The quantitative estimate of drug-likeness (QED) is 0.731. The van der Waals surface area contributed by atoms with Crippen molar-refractivity contribution in [2.24, 2.45) is 0 Å². The van der Waals surface area contributed by atoms with Gasteiger partial charge < -0.3 is 4.74 Å². The summed E-state index contributed by atoms with van der Waals surface area (Å²) >= 11 is 3.32. The summed E-state index contributed by atoms with van der Waals surface area (Å²) in [4.78, 5) is 0. The zero-order chi connectivity index (χ0) is 8.81. The largest absolute Gasteiger partial charge is 0.506 e. The molecule has 0 unspecified atom stereocenters. The Labute approximate surface area is 89.1 Å². The summed E-state index contributed by atoms with van der Waals surface area (Å²) in [5.41, 5.74) is 0. The van der Waals surface area contributed by atoms with E-state index < -0.39 is 0 Å². The fraction of sp³-hybridized carbons (Fsp3) is 0.333. The molecule has 1 nitrogen and oxygen atoms in total. The third-order valence-corrected chi connectivity index (χ3v) is 4.22. The monoisotopic (exact) mass is 238 g/mol. The molecule has 0 fully saturated rings. The topological polar surface area (TPSA) is 9.23 Å². The van der Waals surface area contributed by atoms with E-state index in [4.69, 9.17) is 4.74 Å². The first-order valence-corrected chi connectivity index (χ1v) is 8.75. The number of hydrogen-bond acceptors (Lipinski definition) is 1. The molecule has 0 saturated heterocycles. The summed E-state index contributed by atoms with van der Waals surface area (Å²) in [6.07, 6.45) is 1.07. The van der Waals surface area contributed by atoms with Crippen molar-refractivity contribution in [1.29, 1.82) is 0 Å². The molecule has 62 valence electrons. The highest BCUT2D eigenvalue weighted by molar-refractivity contribution is 9.23. The second-order valence-electron chi connectivity index (χ2n) is 2.63. The lowest BCUT2D eigenvalue weighted by molar-refractivity contribution is 0.317. The first-order chi connectivity index (χ1) is 5.86. The molecule has 0 spiro atoms. The van der Waals surface area contributed by atoms with Gasteiger partial charge in [-0.25, -0.2) is 0 Å². The predicted molar refractivity (Wildman–Crippen MR) is 56.5 cm³/mol. The average Bonchev–Trinajstić information content (AvgIpc) is 2.15.